The molecule has 2 aromatic heterocycles. The molecule has 0 N–H and O–H groups in total. The average Bonchev–Trinajstić information content (AvgIpc) is 2.85. The van der Waals surface area contributed by atoms with Crippen LogP contribution in [0.3, 0.4) is 0 Å². The molecule has 0 bridgehead atoms. The highest BCUT2D eigenvalue weighted by molar-refractivity contribution is 9.10. The average molecular weight is 396 g/mol. The van der Waals surface area contributed by atoms with Gasteiger partial charge in [0.1, 0.15) is 6.20 Å². The first kappa shape index (κ1) is 15.6. The third kappa shape index (κ3) is 2.62. The van der Waals surface area contributed by atoms with E-state index >= 15 is 0 Å². The molecule has 3 aromatic rings. The molecule has 0 aliphatic rings. The minimum Gasteiger partial charge on any atom is -0.258 e. The SMILES string of the molecule is Cc1ccc(S(=O)(=O)n2cc(Br)c3cc([N+](=O)[O-])cnc32)cc1. The van der Waals surface area contributed by atoms with Crippen LogP contribution in [0.25, 0.3) is 11.0 Å². The number of aryl methyl sites for hydroxylation is 1. The van der Waals surface area contributed by atoms with Gasteiger partial charge in [-0.05, 0) is 35.0 Å². The fourth-order valence-corrected chi connectivity index (χ4v) is 4.09. The first-order valence-electron chi connectivity index (χ1n) is 6.44. The number of aromatic nitrogens is 2. The van der Waals surface area contributed by atoms with Gasteiger partial charge in [-0.1, -0.05) is 17.7 Å². The molecule has 118 valence electrons. The third-order valence-electron chi connectivity index (χ3n) is 3.34. The molecule has 2 heterocycles. The number of nitrogens with zero attached hydrogens (tertiary/aromatic N) is 3. The Balaban J connectivity index is 2.24. The van der Waals surface area contributed by atoms with Crippen molar-refractivity contribution in [3.63, 3.8) is 0 Å². The molecule has 9 heteroatoms. The fourth-order valence-electron chi connectivity index (χ4n) is 2.14. The number of rotatable bonds is 3. The molecule has 7 nitrogen and oxygen atoms in total. The number of pyridine rings is 1. The maximum Gasteiger partial charge on any atom is 0.288 e. The van der Waals surface area contributed by atoms with Gasteiger partial charge < -0.3 is 0 Å². The zero-order valence-electron chi connectivity index (χ0n) is 11.8. The van der Waals surface area contributed by atoms with Crippen molar-refractivity contribution in [2.45, 2.75) is 11.8 Å². The summed E-state index contributed by atoms with van der Waals surface area (Å²) in [5.41, 5.74) is 0.864. The van der Waals surface area contributed by atoms with Gasteiger partial charge >= 0.3 is 0 Å². The number of fused-ring (bicyclic) bond motifs is 1. The second-order valence-corrected chi connectivity index (χ2v) is 7.58. The third-order valence-corrected chi connectivity index (χ3v) is 5.63. The van der Waals surface area contributed by atoms with Gasteiger partial charge in [-0.15, -0.1) is 0 Å². The minimum atomic E-state index is -3.84. The van der Waals surface area contributed by atoms with E-state index in [0.717, 1.165) is 15.7 Å². The normalized spacial score (nSPS) is 11.7. The van der Waals surface area contributed by atoms with Gasteiger partial charge in [0.25, 0.3) is 15.7 Å². The van der Waals surface area contributed by atoms with Crippen LogP contribution in [0.4, 0.5) is 5.69 Å². The number of hydrogen-bond donors (Lipinski definition) is 0. The van der Waals surface area contributed by atoms with Crippen LogP contribution in [0.5, 0.6) is 0 Å². The van der Waals surface area contributed by atoms with Crippen molar-refractivity contribution in [3.8, 4) is 0 Å². The Bertz CT molecular complexity index is 1030. The lowest BCUT2D eigenvalue weighted by molar-refractivity contribution is -0.385. The monoisotopic (exact) mass is 395 g/mol. The lowest BCUT2D eigenvalue weighted by atomic mass is 10.2. The van der Waals surface area contributed by atoms with Crippen LogP contribution in [0.15, 0.2) is 52.1 Å². The summed E-state index contributed by atoms with van der Waals surface area (Å²) in [6, 6.07) is 7.71. The summed E-state index contributed by atoms with van der Waals surface area (Å²) in [5, 5.41) is 11.2. The molecule has 1 aromatic carbocycles. The highest BCUT2D eigenvalue weighted by atomic mass is 79.9. The Kier molecular flexibility index (Phi) is 3.69. The van der Waals surface area contributed by atoms with E-state index in [1.807, 2.05) is 6.92 Å². The molecule has 0 amide bonds. The van der Waals surface area contributed by atoms with E-state index in [2.05, 4.69) is 20.9 Å². The van der Waals surface area contributed by atoms with E-state index in [-0.39, 0.29) is 16.2 Å². The molecular weight excluding hydrogens is 386 g/mol. The lowest BCUT2D eigenvalue weighted by Gasteiger charge is -2.07. The molecule has 3 rings (SSSR count). The molecule has 0 spiro atoms. The zero-order chi connectivity index (χ0) is 16.8. The zero-order valence-corrected chi connectivity index (χ0v) is 14.2. The lowest BCUT2D eigenvalue weighted by Crippen LogP contribution is -2.12. The second-order valence-electron chi connectivity index (χ2n) is 4.91. The molecule has 0 aliphatic carbocycles. The van der Waals surface area contributed by atoms with Crippen LogP contribution in [0.1, 0.15) is 5.56 Å². The van der Waals surface area contributed by atoms with E-state index < -0.39 is 14.9 Å². The quantitative estimate of drug-likeness (QED) is 0.500. The molecule has 0 radical (unpaired) electrons. The van der Waals surface area contributed by atoms with Crippen molar-refractivity contribution in [1.29, 1.82) is 0 Å². The number of nitro groups is 1. The summed E-state index contributed by atoms with van der Waals surface area (Å²) >= 11 is 3.23. The maximum atomic E-state index is 12.8. The Morgan fingerprint density at radius 2 is 1.91 bits per heavy atom. The molecule has 0 saturated heterocycles. The van der Waals surface area contributed by atoms with Crippen molar-refractivity contribution in [2.75, 3.05) is 0 Å². The fraction of sp³-hybridized carbons (Fsp3) is 0.0714. The van der Waals surface area contributed by atoms with Gasteiger partial charge in [0, 0.05) is 22.1 Å². The molecule has 23 heavy (non-hydrogen) atoms. The minimum absolute atomic E-state index is 0.118. The van der Waals surface area contributed by atoms with Crippen LogP contribution in [0.2, 0.25) is 0 Å². The molecule has 0 unspecified atom stereocenters. The second kappa shape index (κ2) is 5.43. The first-order valence-corrected chi connectivity index (χ1v) is 8.67. The van der Waals surface area contributed by atoms with Crippen LogP contribution < -0.4 is 0 Å². The smallest absolute Gasteiger partial charge is 0.258 e. The molecule has 0 aliphatic heterocycles. The summed E-state index contributed by atoms with van der Waals surface area (Å²) in [5.74, 6) is 0. The van der Waals surface area contributed by atoms with Gasteiger partial charge in [0.15, 0.2) is 5.65 Å². The molecular formula is C14H10BrN3O4S. The Morgan fingerprint density at radius 3 is 2.52 bits per heavy atom. The molecule has 0 saturated carbocycles. The largest absolute Gasteiger partial charge is 0.288 e. The maximum absolute atomic E-state index is 12.8. The number of benzene rings is 1. The first-order chi connectivity index (χ1) is 10.8. The van der Waals surface area contributed by atoms with E-state index in [9.17, 15) is 18.5 Å². The van der Waals surface area contributed by atoms with E-state index in [0.29, 0.717) is 9.86 Å². The summed E-state index contributed by atoms with van der Waals surface area (Å²) in [6.07, 6.45) is 2.38. The summed E-state index contributed by atoms with van der Waals surface area (Å²) in [4.78, 5) is 14.3. The Hall–Kier alpha value is -2.26. The number of hydrogen-bond acceptors (Lipinski definition) is 5. The van der Waals surface area contributed by atoms with Gasteiger partial charge in [-0.25, -0.2) is 17.4 Å². The standard InChI is InChI=1S/C14H10BrN3O4S/c1-9-2-4-11(5-3-9)23(21,22)17-8-13(15)12-6-10(18(19)20)7-16-14(12)17/h2-8H,1H3. The Labute approximate surface area is 139 Å². The van der Waals surface area contributed by atoms with Crippen molar-refractivity contribution < 1.29 is 13.3 Å². The van der Waals surface area contributed by atoms with Gasteiger partial charge in [0.05, 0.1) is 9.82 Å². The van der Waals surface area contributed by atoms with Gasteiger partial charge in [-0.3, -0.25) is 10.1 Å². The van der Waals surface area contributed by atoms with Crippen molar-refractivity contribution in [1.82, 2.24) is 8.96 Å². The van der Waals surface area contributed by atoms with E-state index in [1.54, 1.807) is 12.1 Å². The summed E-state index contributed by atoms with van der Waals surface area (Å²) in [7, 11) is -3.84. The van der Waals surface area contributed by atoms with Gasteiger partial charge in [-0.2, -0.15) is 0 Å². The number of halogens is 1. The predicted molar refractivity (Wildman–Crippen MR) is 87.9 cm³/mol. The molecule has 0 atom stereocenters. The van der Waals surface area contributed by atoms with Crippen molar-refractivity contribution in [3.05, 3.63) is 62.9 Å². The predicted octanol–water partition coefficient (Wildman–Crippen LogP) is 3.25. The van der Waals surface area contributed by atoms with Crippen LogP contribution in [-0.4, -0.2) is 22.3 Å². The summed E-state index contributed by atoms with van der Waals surface area (Å²) < 4.78 is 26.9. The topological polar surface area (TPSA) is 95.1 Å². The van der Waals surface area contributed by atoms with E-state index in [4.69, 9.17) is 0 Å². The van der Waals surface area contributed by atoms with Crippen LogP contribution in [-0.2, 0) is 10.0 Å². The van der Waals surface area contributed by atoms with Gasteiger partial charge in [0.2, 0.25) is 0 Å². The Morgan fingerprint density at radius 1 is 1.26 bits per heavy atom. The van der Waals surface area contributed by atoms with Crippen LogP contribution >= 0.6 is 15.9 Å². The summed E-state index contributed by atoms with van der Waals surface area (Å²) in [6.45, 7) is 1.86. The highest BCUT2D eigenvalue weighted by Gasteiger charge is 2.23. The van der Waals surface area contributed by atoms with E-state index in [1.165, 1.54) is 24.4 Å². The highest BCUT2D eigenvalue weighted by Crippen LogP contribution is 2.30. The van der Waals surface area contributed by atoms with Crippen molar-refractivity contribution >= 4 is 42.7 Å². The van der Waals surface area contributed by atoms with Crippen molar-refractivity contribution in [2.24, 2.45) is 0 Å². The molecule has 0 fully saturated rings. The van der Waals surface area contributed by atoms with Crippen LogP contribution in [0, 0.1) is 17.0 Å².